The molecule has 5 heteroatoms. The number of nitrogens with zero attached hydrogens (tertiary/aromatic N) is 1. The minimum absolute atomic E-state index is 0.447. The lowest BCUT2D eigenvalue weighted by molar-refractivity contribution is 0.201. The third-order valence-electron chi connectivity index (χ3n) is 6.27. The highest BCUT2D eigenvalue weighted by atomic mass is 16.6. The van der Waals surface area contributed by atoms with Crippen molar-refractivity contribution in [2.45, 2.75) is 26.7 Å². The first-order valence-electron chi connectivity index (χ1n) is 12.4. The van der Waals surface area contributed by atoms with E-state index in [0.29, 0.717) is 18.9 Å². The van der Waals surface area contributed by atoms with Crippen LogP contribution in [0.2, 0.25) is 0 Å². The van der Waals surface area contributed by atoms with Gasteiger partial charge in [0.25, 0.3) is 0 Å². The van der Waals surface area contributed by atoms with Gasteiger partial charge >= 0.3 is 6.09 Å². The third kappa shape index (κ3) is 6.74. The number of nitrogens with one attached hydrogen (secondary N) is 1. The van der Waals surface area contributed by atoms with Crippen molar-refractivity contribution in [3.63, 3.8) is 0 Å². The number of hydrogen-bond donors (Lipinski definition) is 1. The zero-order valence-electron chi connectivity index (χ0n) is 20.6. The summed E-state index contributed by atoms with van der Waals surface area (Å²) in [5.74, 6) is 1.40. The molecular formula is C30H34N2O3. The van der Waals surface area contributed by atoms with Crippen molar-refractivity contribution in [3.05, 3.63) is 95.6 Å². The summed E-state index contributed by atoms with van der Waals surface area (Å²) in [6, 6.07) is 26.4. The van der Waals surface area contributed by atoms with Gasteiger partial charge in [-0.25, -0.2) is 4.79 Å². The van der Waals surface area contributed by atoms with Crippen LogP contribution in [0.5, 0.6) is 11.5 Å². The molecule has 3 aromatic carbocycles. The zero-order chi connectivity index (χ0) is 24.5. The summed E-state index contributed by atoms with van der Waals surface area (Å²) in [4.78, 5) is 14.2. The van der Waals surface area contributed by atoms with Crippen molar-refractivity contribution in [2.24, 2.45) is 0 Å². The Morgan fingerprint density at radius 3 is 2.03 bits per heavy atom. The largest absolute Gasteiger partial charge is 0.492 e. The predicted octanol–water partition coefficient (Wildman–Crippen LogP) is 6.25. The van der Waals surface area contributed by atoms with Gasteiger partial charge < -0.3 is 14.8 Å². The molecule has 1 aliphatic rings. The Morgan fingerprint density at radius 1 is 0.829 bits per heavy atom. The Labute approximate surface area is 208 Å². The number of likely N-dealkylation sites (tertiary alicyclic amines) is 1. The van der Waals surface area contributed by atoms with E-state index in [1.807, 2.05) is 49.4 Å². The van der Waals surface area contributed by atoms with Crippen LogP contribution in [0.25, 0.3) is 11.1 Å². The number of rotatable bonds is 9. The second kappa shape index (κ2) is 12.2. The van der Waals surface area contributed by atoms with Gasteiger partial charge in [-0.05, 0) is 91.9 Å². The van der Waals surface area contributed by atoms with E-state index in [1.54, 1.807) is 0 Å². The minimum Gasteiger partial charge on any atom is -0.492 e. The summed E-state index contributed by atoms with van der Waals surface area (Å²) in [5.41, 5.74) is 5.62. The SMILES string of the molecule is CCNC(=O)Oc1ccc(/C(=C(/C)c2ccccc2)c2ccc(OCCN3CCCC3)cc2)cc1. The summed E-state index contributed by atoms with van der Waals surface area (Å²) >= 11 is 0. The monoisotopic (exact) mass is 470 g/mol. The molecule has 0 aromatic heterocycles. The summed E-state index contributed by atoms with van der Waals surface area (Å²) in [5, 5.41) is 2.65. The van der Waals surface area contributed by atoms with Crippen molar-refractivity contribution in [1.29, 1.82) is 0 Å². The van der Waals surface area contributed by atoms with Crippen LogP contribution < -0.4 is 14.8 Å². The summed E-state index contributed by atoms with van der Waals surface area (Å²) in [6.45, 7) is 8.58. The van der Waals surface area contributed by atoms with Crippen molar-refractivity contribution in [1.82, 2.24) is 10.2 Å². The van der Waals surface area contributed by atoms with Crippen LogP contribution in [0.4, 0.5) is 4.79 Å². The van der Waals surface area contributed by atoms with Gasteiger partial charge in [0.2, 0.25) is 0 Å². The van der Waals surface area contributed by atoms with Crippen molar-refractivity contribution >= 4 is 17.2 Å². The first-order chi connectivity index (χ1) is 17.1. The molecule has 1 saturated heterocycles. The fraction of sp³-hybridized carbons (Fsp3) is 0.300. The number of hydrogen-bond acceptors (Lipinski definition) is 4. The minimum atomic E-state index is -0.447. The van der Waals surface area contributed by atoms with Crippen LogP contribution in [0.15, 0.2) is 78.9 Å². The first-order valence-corrected chi connectivity index (χ1v) is 12.4. The van der Waals surface area contributed by atoms with Crippen molar-refractivity contribution in [3.8, 4) is 11.5 Å². The molecule has 1 amide bonds. The van der Waals surface area contributed by atoms with E-state index in [0.717, 1.165) is 34.6 Å². The Balaban J connectivity index is 1.56. The number of carbonyl (C=O) groups is 1. The maximum Gasteiger partial charge on any atom is 0.412 e. The van der Waals surface area contributed by atoms with E-state index in [9.17, 15) is 4.79 Å². The molecule has 3 aromatic rings. The molecule has 0 unspecified atom stereocenters. The molecule has 1 aliphatic heterocycles. The maximum absolute atomic E-state index is 11.8. The molecule has 0 radical (unpaired) electrons. The molecule has 4 rings (SSSR count). The van der Waals surface area contributed by atoms with Gasteiger partial charge in [-0.3, -0.25) is 4.90 Å². The maximum atomic E-state index is 11.8. The second-order valence-corrected chi connectivity index (χ2v) is 8.73. The van der Waals surface area contributed by atoms with Crippen LogP contribution >= 0.6 is 0 Å². The average molecular weight is 471 g/mol. The smallest absolute Gasteiger partial charge is 0.412 e. The average Bonchev–Trinajstić information content (AvgIpc) is 3.40. The highest BCUT2D eigenvalue weighted by Crippen LogP contribution is 2.33. The number of carbonyl (C=O) groups excluding carboxylic acids is 1. The van der Waals surface area contributed by atoms with E-state index in [2.05, 4.69) is 53.5 Å². The van der Waals surface area contributed by atoms with Crippen LogP contribution in [0.1, 0.15) is 43.4 Å². The number of allylic oxidation sites excluding steroid dienone is 1. The molecule has 1 N–H and O–H groups in total. The molecule has 0 saturated carbocycles. The molecule has 0 bridgehead atoms. The summed E-state index contributed by atoms with van der Waals surface area (Å²) in [7, 11) is 0. The van der Waals surface area contributed by atoms with E-state index < -0.39 is 6.09 Å². The second-order valence-electron chi connectivity index (χ2n) is 8.73. The quantitative estimate of drug-likeness (QED) is 0.376. The molecule has 0 aliphatic carbocycles. The van der Waals surface area contributed by atoms with Gasteiger partial charge in [0.1, 0.15) is 18.1 Å². The van der Waals surface area contributed by atoms with Crippen LogP contribution in [-0.4, -0.2) is 43.8 Å². The Kier molecular flexibility index (Phi) is 8.58. The Bertz CT molecular complexity index is 1120. The van der Waals surface area contributed by atoms with Gasteiger partial charge in [0.05, 0.1) is 0 Å². The highest BCUT2D eigenvalue weighted by Gasteiger charge is 2.13. The molecule has 0 spiro atoms. The topological polar surface area (TPSA) is 50.8 Å². The lowest BCUT2D eigenvalue weighted by Gasteiger charge is -2.17. The normalized spacial score (nSPS) is 14.3. The zero-order valence-corrected chi connectivity index (χ0v) is 20.6. The molecule has 1 heterocycles. The van der Waals surface area contributed by atoms with Gasteiger partial charge in [0.15, 0.2) is 0 Å². The van der Waals surface area contributed by atoms with Gasteiger partial charge in [-0.2, -0.15) is 0 Å². The molecule has 182 valence electrons. The fourth-order valence-electron chi connectivity index (χ4n) is 4.43. The molecule has 35 heavy (non-hydrogen) atoms. The van der Waals surface area contributed by atoms with Crippen molar-refractivity contribution in [2.75, 3.05) is 32.8 Å². The highest BCUT2D eigenvalue weighted by molar-refractivity contribution is 5.98. The van der Waals surface area contributed by atoms with Crippen LogP contribution in [-0.2, 0) is 0 Å². The Morgan fingerprint density at radius 2 is 1.43 bits per heavy atom. The van der Waals surface area contributed by atoms with Gasteiger partial charge in [-0.1, -0.05) is 54.6 Å². The lowest BCUT2D eigenvalue weighted by atomic mass is 9.90. The van der Waals surface area contributed by atoms with Crippen LogP contribution in [0, 0.1) is 0 Å². The molecular weight excluding hydrogens is 436 g/mol. The molecule has 0 atom stereocenters. The number of ether oxygens (including phenoxy) is 2. The first kappa shape index (κ1) is 24.6. The van der Waals surface area contributed by atoms with E-state index in [-0.39, 0.29) is 0 Å². The third-order valence-corrected chi connectivity index (χ3v) is 6.27. The van der Waals surface area contributed by atoms with Crippen LogP contribution in [0.3, 0.4) is 0 Å². The van der Waals surface area contributed by atoms with E-state index >= 15 is 0 Å². The van der Waals surface area contributed by atoms with Gasteiger partial charge in [-0.15, -0.1) is 0 Å². The molecule has 5 nitrogen and oxygen atoms in total. The summed E-state index contributed by atoms with van der Waals surface area (Å²) in [6.07, 6.45) is 2.14. The lowest BCUT2D eigenvalue weighted by Crippen LogP contribution is -2.26. The summed E-state index contributed by atoms with van der Waals surface area (Å²) < 4.78 is 11.4. The van der Waals surface area contributed by atoms with E-state index in [1.165, 1.54) is 31.5 Å². The predicted molar refractivity (Wildman–Crippen MR) is 142 cm³/mol. The van der Waals surface area contributed by atoms with Crippen molar-refractivity contribution < 1.29 is 14.3 Å². The van der Waals surface area contributed by atoms with E-state index in [4.69, 9.17) is 9.47 Å². The number of amides is 1. The number of benzene rings is 3. The Hall–Kier alpha value is -3.57. The standard InChI is InChI=1S/C30H34N2O3/c1-3-31-30(33)35-28-17-13-26(14-18-28)29(23(2)24-9-5-4-6-10-24)25-11-15-27(16-12-25)34-22-21-32-19-7-8-20-32/h4-6,9-18H,3,7-8,19-22H2,1-2H3,(H,31,33)/b29-23-. The fourth-order valence-corrected chi connectivity index (χ4v) is 4.43. The molecule has 1 fully saturated rings. The van der Waals surface area contributed by atoms with Gasteiger partial charge in [0, 0.05) is 13.1 Å².